The van der Waals surface area contributed by atoms with Gasteiger partial charge in [-0.3, -0.25) is 14.3 Å². The zero-order valence-electron chi connectivity index (χ0n) is 23.6. The summed E-state index contributed by atoms with van der Waals surface area (Å²) in [6, 6.07) is 7.48. The highest BCUT2D eigenvalue weighted by Crippen LogP contribution is 2.35. The number of carbonyl (C=O) groups is 2. The van der Waals surface area contributed by atoms with E-state index in [2.05, 4.69) is 24.7 Å². The van der Waals surface area contributed by atoms with Crippen LogP contribution in [0.25, 0.3) is 22.0 Å². The lowest BCUT2D eigenvalue weighted by atomic mass is 9.90. The van der Waals surface area contributed by atoms with Gasteiger partial charge in [0.1, 0.15) is 12.0 Å². The van der Waals surface area contributed by atoms with E-state index in [0.29, 0.717) is 29.4 Å². The number of fused-ring (bicyclic) bond motifs is 1. The number of sulfonamides is 1. The predicted octanol–water partition coefficient (Wildman–Crippen LogP) is 4.43. The fourth-order valence-corrected chi connectivity index (χ4v) is 7.58. The highest BCUT2D eigenvalue weighted by Gasteiger charge is 2.26. The van der Waals surface area contributed by atoms with E-state index >= 15 is 0 Å². The number of piperidine rings is 1. The van der Waals surface area contributed by atoms with Crippen molar-refractivity contribution in [2.75, 3.05) is 24.9 Å². The quantitative estimate of drug-likeness (QED) is 0.288. The number of anilines is 1. The minimum atomic E-state index is -3.91. The number of methoxy groups -OCH3 is 1. The zero-order valence-corrected chi connectivity index (χ0v) is 25.3. The summed E-state index contributed by atoms with van der Waals surface area (Å²) in [6.45, 7) is 5.94. The molecule has 0 unspecified atom stereocenters. The average molecular weight is 607 g/mol. The number of ketones is 1. The van der Waals surface area contributed by atoms with E-state index in [-0.39, 0.29) is 33.4 Å². The van der Waals surface area contributed by atoms with Gasteiger partial charge in [0.15, 0.2) is 9.99 Å². The van der Waals surface area contributed by atoms with E-state index in [9.17, 15) is 18.0 Å². The summed E-state index contributed by atoms with van der Waals surface area (Å²) in [6.07, 6.45) is 7.24. The minimum absolute atomic E-state index is 0.119. The Hall–Kier alpha value is -4.23. The first-order valence-electron chi connectivity index (χ1n) is 13.3. The third-order valence-corrected chi connectivity index (χ3v) is 10.1. The lowest BCUT2D eigenvalue weighted by Crippen LogP contribution is -2.37. The zero-order chi connectivity index (χ0) is 30.0. The van der Waals surface area contributed by atoms with Crippen molar-refractivity contribution in [3.8, 4) is 17.0 Å². The number of nitrogens with one attached hydrogen (secondary N) is 1. The number of aryl methyl sites for hydroxylation is 2. The first-order valence-corrected chi connectivity index (χ1v) is 15.6. The third-order valence-electron chi connectivity index (χ3n) is 7.05. The topological polar surface area (TPSA) is 144 Å². The van der Waals surface area contributed by atoms with Gasteiger partial charge in [0, 0.05) is 42.2 Å². The fourth-order valence-electron chi connectivity index (χ4n) is 5.05. The number of thiazole rings is 1. The lowest BCUT2D eigenvalue weighted by Gasteiger charge is -2.31. The van der Waals surface area contributed by atoms with Crippen LogP contribution >= 0.6 is 11.3 Å². The van der Waals surface area contributed by atoms with Crippen molar-refractivity contribution in [1.29, 1.82) is 0 Å². The van der Waals surface area contributed by atoms with Gasteiger partial charge >= 0.3 is 0 Å². The van der Waals surface area contributed by atoms with Gasteiger partial charge in [0.05, 0.1) is 29.0 Å². The highest BCUT2D eigenvalue weighted by molar-refractivity contribution is 7.94. The first kappa shape index (κ1) is 29.3. The monoisotopic (exact) mass is 606 g/mol. The van der Waals surface area contributed by atoms with Crippen LogP contribution in [0.3, 0.4) is 0 Å². The Balaban J connectivity index is 1.43. The molecule has 1 aliphatic heterocycles. The van der Waals surface area contributed by atoms with E-state index < -0.39 is 10.0 Å². The van der Waals surface area contributed by atoms with Crippen LogP contribution in [-0.4, -0.2) is 65.1 Å². The predicted molar refractivity (Wildman–Crippen MR) is 160 cm³/mol. The molecular weight excluding hydrogens is 576 g/mol. The molecule has 4 aromatic rings. The molecule has 0 spiro atoms. The van der Waals surface area contributed by atoms with Gasteiger partial charge in [0.2, 0.25) is 11.8 Å². The highest BCUT2D eigenvalue weighted by atomic mass is 32.2. The number of benzene rings is 1. The van der Waals surface area contributed by atoms with Crippen molar-refractivity contribution in [3.63, 3.8) is 0 Å². The number of hydrogen-bond donors (Lipinski definition) is 1. The summed E-state index contributed by atoms with van der Waals surface area (Å²) in [7, 11) is -2.48. The number of ether oxygens (including phenoxy) is 1. The number of hydrogen-bond acceptors (Lipinski definition) is 10. The van der Waals surface area contributed by atoms with Crippen LogP contribution in [0.4, 0.5) is 5.69 Å². The molecule has 11 nitrogen and oxygen atoms in total. The van der Waals surface area contributed by atoms with E-state index in [1.165, 1.54) is 26.2 Å². The second-order valence-corrected chi connectivity index (χ2v) is 13.1. The van der Waals surface area contributed by atoms with Crippen LogP contribution in [0.1, 0.15) is 42.1 Å². The van der Waals surface area contributed by atoms with Crippen molar-refractivity contribution in [2.45, 2.75) is 43.7 Å². The van der Waals surface area contributed by atoms with Crippen LogP contribution in [0.15, 0.2) is 53.2 Å². The van der Waals surface area contributed by atoms with Crippen LogP contribution in [0.2, 0.25) is 0 Å². The van der Waals surface area contributed by atoms with Crippen LogP contribution < -0.4 is 9.46 Å². The molecule has 4 heterocycles. The molecule has 5 rings (SSSR count). The molecule has 218 valence electrons. The molecule has 3 aromatic heterocycles. The Morgan fingerprint density at radius 2 is 1.83 bits per heavy atom. The number of aromatic nitrogens is 4. The van der Waals surface area contributed by atoms with Crippen molar-refractivity contribution >= 4 is 49.6 Å². The molecule has 0 radical (unpaired) electrons. The SMILES string of the molecule is COc1ncc(-c2ccc3ncnc(C4CCN(C(=O)/C=C/C(C)=O)CC4)c3c2)cc1NS(=O)(=O)c1sc(C)nc1C. The fraction of sp³-hybridized carbons (Fsp3) is 0.310. The molecule has 1 saturated heterocycles. The number of allylic oxidation sites excluding steroid dienone is 1. The Bertz CT molecular complexity index is 1810. The Morgan fingerprint density at radius 3 is 2.50 bits per heavy atom. The number of pyridine rings is 1. The maximum Gasteiger partial charge on any atom is 0.273 e. The lowest BCUT2D eigenvalue weighted by molar-refractivity contribution is -0.127. The standard InChI is InChI=1S/C29H30N6O5S2/c1-17(36)5-8-26(37)35-11-9-20(10-12-35)27-23-13-21(6-7-24(23)31-16-32-27)22-14-25(28(40-4)30-15-22)34-42(38,39)29-18(2)33-19(3)41-29/h5-8,13-16,20,34H,9-12H2,1-4H3/b8-5+. The summed E-state index contributed by atoms with van der Waals surface area (Å²) in [5.74, 6) is -0.0693. The molecule has 1 fully saturated rings. The van der Waals surface area contributed by atoms with Crippen LogP contribution in [0, 0.1) is 13.8 Å². The normalized spacial score (nSPS) is 14.4. The van der Waals surface area contributed by atoms with Gasteiger partial charge in [0.25, 0.3) is 10.0 Å². The Labute approximate surface area is 247 Å². The van der Waals surface area contributed by atoms with E-state index in [0.717, 1.165) is 46.3 Å². The molecule has 0 saturated carbocycles. The number of amides is 1. The summed E-state index contributed by atoms with van der Waals surface area (Å²) in [5, 5.41) is 1.54. The minimum Gasteiger partial charge on any atom is -0.480 e. The molecule has 0 aliphatic carbocycles. The molecule has 1 amide bonds. The maximum absolute atomic E-state index is 13.2. The molecule has 0 atom stereocenters. The molecule has 0 bridgehead atoms. The van der Waals surface area contributed by atoms with Gasteiger partial charge in [-0.1, -0.05) is 6.07 Å². The molecule has 1 aliphatic rings. The molecule has 1 N–H and O–H groups in total. The number of nitrogens with zero attached hydrogens (tertiary/aromatic N) is 5. The molecule has 1 aromatic carbocycles. The Kier molecular flexibility index (Phi) is 8.32. The Morgan fingerprint density at radius 1 is 1.07 bits per heavy atom. The van der Waals surface area contributed by atoms with Gasteiger partial charge < -0.3 is 9.64 Å². The summed E-state index contributed by atoms with van der Waals surface area (Å²) >= 11 is 1.10. The van der Waals surface area contributed by atoms with Crippen molar-refractivity contribution in [3.05, 3.63) is 65.3 Å². The number of likely N-dealkylation sites (tertiary alicyclic amines) is 1. The van der Waals surface area contributed by atoms with Crippen molar-refractivity contribution in [1.82, 2.24) is 24.8 Å². The van der Waals surface area contributed by atoms with E-state index in [4.69, 9.17) is 4.74 Å². The first-order chi connectivity index (χ1) is 20.1. The van der Waals surface area contributed by atoms with Gasteiger partial charge in [-0.2, -0.15) is 0 Å². The summed E-state index contributed by atoms with van der Waals surface area (Å²) in [4.78, 5) is 43.0. The van der Waals surface area contributed by atoms with Crippen LogP contribution in [0.5, 0.6) is 5.88 Å². The van der Waals surface area contributed by atoms with Gasteiger partial charge in [-0.15, -0.1) is 11.3 Å². The molecular formula is C29H30N6O5S2. The number of rotatable bonds is 8. The molecule has 42 heavy (non-hydrogen) atoms. The number of carbonyl (C=O) groups excluding carboxylic acids is 2. The van der Waals surface area contributed by atoms with Gasteiger partial charge in [-0.05, 0) is 63.5 Å². The largest absolute Gasteiger partial charge is 0.480 e. The third kappa shape index (κ3) is 6.16. The van der Waals surface area contributed by atoms with Gasteiger partial charge in [-0.25, -0.2) is 28.4 Å². The van der Waals surface area contributed by atoms with Crippen molar-refractivity contribution in [2.24, 2.45) is 0 Å². The second kappa shape index (κ2) is 11.9. The second-order valence-electron chi connectivity index (χ2n) is 10.0. The van der Waals surface area contributed by atoms with Crippen molar-refractivity contribution < 1.29 is 22.7 Å². The van der Waals surface area contributed by atoms with E-state index in [1.54, 1.807) is 37.3 Å². The average Bonchev–Trinajstić information content (AvgIpc) is 3.33. The molecule has 13 heteroatoms. The van der Waals surface area contributed by atoms with Crippen LogP contribution in [-0.2, 0) is 19.6 Å². The summed E-state index contributed by atoms with van der Waals surface area (Å²) < 4.78 is 34.5. The smallest absolute Gasteiger partial charge is 0.273 e. The van der Waals surface area contributed by atoms with E-state index in [1.807, 2.05) is 18.2 Å². The summed E-state index contributed by atoms with van der Waals surface area (Å²) in [5.41, 5.74) is 3.80. The maximum atomic E-state index is 13.2.